The lowest BCUT2D eigenvalue weighted by Crippen LogP contribution is -2.41. The van der Waals surface area contributed by atoms with Gasteiger partial charge in [0, 0.05) is 25.0 Å². The molecule has 0 heterocycles. The molecule has 2 rings (SSSR count). The van der Waals surface area contributed by atoms with E-state index < -0.39 is 12.3 Å². The van der Waals surface area contributed by atoms with Crippen LogP contribution in [0, 0.1) is 5.92 Å². The average molecular weight is 248 g/mol. The minimum Gasteiger partial charge on any atom is -0.373 e. The number of halogens is 2. The van der Waals surface area contributed by atoms with Gasteiger partial charge in [0.05, 0.1) is 11.6 Å². The van der Waals surface area contributed by atoms with Gasteiger partial charge in [0.25, 0.3) is 0 Å². The summed E-state index contributed by atoms with van der Waals surface area (Å²) < 4.78 is 29.9. The Hall–Kier alpha value is -0.910. The zero-order valence-corrected chi connectivity index (χ0v) is 10.0. The molecule has 0 aromatic heterocycles. The SMILES string of the molecule is CCO[C@@]1(C)C[C@H]1NC(=O)N[C@@H]1C[C@@H]1C(F)F. The normalized spacial score (nSPS) is 39.0. The first-order valence-corrected chi connectivity index (χ1v) is 5.95. The first kappa shape index (κ1) is 12.5. The fraction of sp³-hybridized carbons (Fsp3) is 0.909. The molecule has 6 heteroatoms. The highest BCUT2D eigenvalue weighted by Crippen LogP contribution is 2.40. The van der Waals surface area contributed by atoms with Crippen molar-refractivity contribution in [2.75, 3.05) is 6.61 Å². The Labute approximate surface area is 99.1 Å². The van der Waals surface area contributed by atoms with Gasteiger partial charge in [-0.1, -0.05) is 0 Å². The zero-order chi connectivity index (χ0) is 12.6. The molecule has 2 N–H and O–H groups in total. The van der Waals surface area contributed by atoms with Crippen LogP contribution in [0.5, 0.6) is 0 Å². The number of rotatable bonds is 5. The summed E-state index contributed by atoms with van der Waals surface area (Å²) in [4.78, 5) is 11.5. The van der Waals surface area contributed by atoms with Crippen LogP contribution in [0.15, 0.2) is 0 Å². The number of carbonyl (C=O) groups excluding carboxylic acids is 1. The monoisotopic (exact) mass is 248 g/mol. The Morgan fingerprint density at radius 1 is 1.53 bits per heavy atom. The lowest BCUT2D eigenvalue weighted by molar-refractivity contribution is 0.0492. The molecular formula is C11H18F2N2O2. The van der Waals surface area contributed by atoms with Crippen LogP contribution in [-0.2, 0) is 4.74 Å². The largest absolute Gasteiger partial charge is 0.373 e. The molecule has 0 spiro atoms. The molecule has 4 nitrogen and oxygen atoms in total. The van der Waals surface area contributed by atoms with E-state index in [1.807, 2.05) is 13.8 Å². The van der Waals surface area contributed by atoms with Crippen molar-refractivity contribution in [1.82, 2.24) is 10.6 Å². The van der Waals surface area contributed by atoms with E-state index in [0.29, 0.717) is 13.0 Å². The van der Waals surface area contributed by atoms with Crippen molar-refractivity contribution in [3.05, 3.63) is 0 Å². The number of carbonyl (C=O) groups is 1. The maximum absolute atomic E-state index is 12.2. The topological polar surface area (TPSA) is 50.4 Å². The molecule has 2 fully saturated rings. The Morgan fingerprint density at radius 3 is 2.76 bits per heavy atom. The molecule has 0 aromatic rings. The summed E-state index contributed by atoms with van der Waals surface area (Å²) in [5.41, 5.74) is -0.280. The first-order valence-electron chi connectivity index (χ1n) is 5.95. The minimum atomic E-state index is -2.34. The summed E-state index contributed by atoms with van der Waals surface area (Å²) in [5.74, 6) is -0.668. The minimum absolute atomic E-state index is 0.00815. The van der Waals surface area contributed by atoms with Crippen LogP contribution in [0.25, 0.3) is 0 Å². The second-order valence-electron chi connectivity index (χ2n) is 4.96. The van der Waals surface area contributed by atoms with Gasteiger partial charge < -0.3 is 15.4 Å². The number of hydrogen-bond acceptors (Lipinski definition) is 2. The van der Waals surface area contributed by atoms with E-state index in [0.717, 1.165) is 6.42 Å². The molecule has 98 valence electrons. The standard InChI is InChI=1S/C11H18F2N2O2/c1-3-17-11(2)5-8(11)15-10(16)14-7-4-6(7)9(12)13/h6-9H,3-5H2,1-2H3,(H2,14,15,16)/t6-,7+,8+,11-/m0/s1. The number of hydrogen-bond donors (Lipinski definition) is 2. The summed E-state index contributed by atoms with van der Waals surface area (Å²) in [6.07, 6.45) is -1.19. The van der Waals surface area contributed by atoms with Crippen molar-refractivity contribution >= 4 is 6.03 Å². The summed E-state index contributed by atoms with van der Waals surface area (Å²) in [6, 6.07) is -0.745. The quantitative estimate of drug-likeness (QED) is 0.774. The summed E-state index contributed by atoms with van der Waals surface area (Å²) >= 11 is 0. The van der Waals surface area contributed by atoms with Crippen molar-refractivity contribution in [1.29, 1.82) is 0 Å². The van der Waals surface area contributed by atoms with Crippen LogP contribution < -0.4 is 10.6 Å². The number of amides is 2. The second kappa shape index (κ2) is 4.40. The van der Waals surface area contributed by atoms with E-state index in [-0.39, 0.29) is 23.7 Å². The van der Waals surface area contributed by atoms with Crippen molar-refractivity contribution < 1.29 is 18.3 Å². The number of alkyl halides is 2. The van der Waals surface area contributed by atoms with E-state index in [1.165, 1.54) is 0 Å². The van der Waals surface area contributed by atoms with E-state index in [2.05, 4.69) is 10.6 Å². The second-order valence-corrected chi connectivity index (χ2v) is 4.96. The van der Waals surface area contributed by atoms with Gasteiger partial charge in [0.15, 0.2) is 0 Å². The van der Waals surface area contributed by atoms with Gasteiger partial charge in [-0.2, -0.15) is 0 Å². The molecule has 2 saturated carbocycles. The molecule has 4 atom stereocenters. The average Bonchev–Trinajstić information content (AvgIpc) is 3.07. The van der Waals surface area contributed by atoms with Crippen LogP contribution in [0.4, 0.5) is 13.6 Å². The molecular weight excluding hydrogens is 230 g/mol. The summed E-state index contributed by atoms with van der Waals surface area (Å²) in [7, 11) is 0. The van der Waals surface area contributed by atoms with Gasteiger partial charge in [-0.25, -0.2) is 13.6 Å². The van der Waals surface area contributed by atoms with Crippen LogP contribution >= 0.6 is 0 Å². The molecule has 17 heavy (non-hydrogen) atoms. The van der Waals surface area contributed by atoms with Crippen molar-refractivity contribution in [2.45, 2.75) is 50.8 Å². The molecule has 0 unspecified atom stereocenters. The van der Waals surface area contributed by atoms with Gasteiger partial charge in [-0.15, -0.1) is 0 Å². The van der Waals surface area contributed by atoms with E-state index >= 15 is 0 Å². The third-order valence-electron chi connectivity index (χ3n) is 3.45. The summed E-state index contributed by atoms with van der Waals surface area (Å²) in [5, 5.41) is 5.29. The fourth-order valence-corrected chi connectivity index (χ4v) is 2.07. The molecule has 2 aliphatic carbocycles. The third-order valence-corrected chi connectivity index (χ3v) is 3.45. The number of urea groups is 1. The van der Waals surface area contributed by atoms with Gasteiger partial charge in [0.1, 0.15) is 0 Å². The van der Waals surface area contributed by atoms with E-state index in [4.69, 9.17) is 4.74 Å². The number of ether oxygens (including phenoxy) is 1. The Bertz CT molecular complexity index is 314. The smallest absolute Gasteiger partial charge is 0.315 e. The maximum Gasteiger partial charge on any atom is 0.315 e. The molecule has 0 aromatic carbocycles. The first-order chi connectivity index (χ1) is 7.96. The van der Waals surface area contributed by atoms with Gasteiger partial charge in [0.2, 0.25) is 6.43 Å². The van der Waals surface area contributed by atoms with Crippen LogP contribution in [0.1, 0.15) is 26.7 Å². The van der Waals surface area contributed by atoms with E-state index in [1.54, 1.807) is 0 Å². The Morgan fingerprint density at radius 2 is 2.24 bits per heavy atom. The lowest BCUT2D eigenvalue weighted by atomic mass is 10.4. The number of nitrogens with one attached hydrogen (secondary N) is 2. The van der Waals surface area contributed by atoms with E-state index in [9.17, 15) is 13.6 Å². The molecule has 2 amide bonds. The van der Waals surface area contributed by atoms with Gasteiger partial charge in [-0.3, -0.25) is 0 Å². The highest BCUT2D eigenvalue weighted by atomic mass is 19.3. The van der Waals surface area contributed by atoms with Gasteiger partial charge in [-0.05, 0) is 20.3 Å². The Balaban J connectivity index is 1.67. The third kappa shape index (κ3) is 2.86. The highest BCUT2D eigenvalue weighted by molar-refractivity contribution is 5.75. The highest BCUT2D eigenvalue weighted by Gasteiger charge is 2.53. The molecule has 0 bridgehead atoms. The molecule has 0 saturated heterocycles. The maximum atomic E-state index is 12.2. The molecule has 0 aliphatic heterocycles. The van der Waals surface area contributed by atoms with Crippen LogP contribution in [-0.4, -0.2) is 36.7 Å². The summed E-state index contributed by atoms with van der Waals surface area (Å²) in [6.45, 7) is 4.44. The van der Waals surface area contributed by atoms with Crippen molar-refractivity contribution in [2.24, 2.45) is 5.92 Å². The van der Waals surface area contributed by atoms with Crippen LogP contribution in [0.2, 0.25) is 0 Å². The molecule has 0 radical (unpaired) electrons. The Kier molecular flexibility index (Phi) is 3.25. The van der Waals surface area contributed by atoms with Crippen LogP contribution in [0.3, 0.4) is 0 Å². The van der Waals surface area contributed by atoms with Gasteiger partial charge >= 0.3 is 6.03 Å². The van der Waals surface area contributed by atoms with Crippen molar-refractivity contribution in [3.8, 4) is 0 Å². The fourth-order valence-electron chi connectivity index (χ4n) is 2.07. The predicted molar refractivity (Wildman–Crippen MR) is 58.0 cm³/mol. The lowest BCUT2D eigenvalue weighted by Gasteiger charge is -2.12. The molecule has 2 aliphatic rings. The predicted octanol–water partition coefficient (Wildman–Crippen LogP) is 1.51. The zero-order valence-electron chi connectivity index (χ0n) is 10.0. The van der Waals surface area contributed by atoms with Crippen molar-refractivity contribution in [3.63, 3.8) is 0 Å².